The van der Waals surface area contributed by atoms with Gasteiger partial charge in [0.15, 0.2) is 5.76 Å². The lowest BCUT2D eigenvalue weighted by Crippen LogP contribution is -1.76. The molecule has 13 heavy (non-hydrogen) atoms. The molecule has 0 aliphatic carbocycles. The number of aliphatic hydroxyl groups is 1. The number of allylic oxidation sites excluding steroid dienone is 3. The summed E-state index contributed by atoms with van der Waals surface area (Å²) in [5, 5.41) is 9.11. The highest BCUT2D eigenvalue weighted by molar-refractivity contribution is 5.37. The summed E-state index contributed by atoms with van der Waals surface area (Å²) in [6, 6.07) is 3.54. The summed E-state index contributed by atoms with van der Waals surface area (Å²) in [7, 11) is 0. The highest BCUT2D eigenvalue weighted by Crippen LogP contribution is 1.93. The summed E-state index contributed by atoms with van der Waals surface area (Å²) in [4.78, 5) is 3.85. The van der Waals surface area contributed by atoms with E-state index in [-0.39, 0.29) is 5.76 Å². The van der Waals surface area contributed by atoms with Crippen LogP contribution >= 0.6 is 0 Å². The molecule has 0 aliphatic rings. The van der Waals surface area contributed by atoms with E-state index in [0.29, 0.717) is 0 Å². The highest BCUT2D eigenvalue weighted by atomic mass is 16.3. The van der Waals surface area contributed by atoms with E-state index >= 15 is 0 Å². The lowest BCUT2D eigenvalue weighted by Gasteiger charge is -1.86. The molecule has 0 saturated carbocycles. The smallest absolute Gasteiger partial charge is 0.167 e. The van der Waals surface area contributed by atoms with Crippen LogP contribution in [0.15, 0.2) is 49.0 Å². The van der Waals surface area contributed by atoms with Crippen molar-refractivity contribution >= 4 is 0 Å². The second-order valence-corrected chi connectivity index (χ2v) is 2.27. The molecule has 1 aromatic rings. The van der Waals surface area contributed by atoms with Crippen LogP contribution in [0.1, 0.15) is 5.56 Å². The fraction of sp³-hybridized carbons (Fsp3) is 0. The van der Waals surface area contributed by atoms with E-state index in [1.807, 2.05) is 0 Å². The van der Waals surface area contributed by atoms with Gasteiger partial charge in [0.05, 0.1) is 0 Å². The Morgan fingerprint density at radius 3 is 2.77 bits per heavy atom. The lowest BCUT2D eigenvalue weighted by atomic mass is 10.3. The first-order valence-corrected chi connectivity index (χ1v) is 3.76. The van der Waals surface area contributed by atoms with Crippen LogP contribution in [0, 0.1) is 11.8 Å². The van der Waals surface area contributed by atoms with E-state index < -0.39 is 0 Å². The minimum absolute atomic E-state index is 0.00631. The van der Waals surface area contributed by atoms with Crippen LogP contribution in [-0.2, 0) is 0 Å². The van der Waals surface area contributed by atoms with Crippen LogP contribution in [0.2, 0.25) is 0 Å². The topological polar surface area (TPSA) is 33.1 Å². The van der Waals surface area contributed by atoms with Gasteiger partial charge in [-0.3, -0.25) is 4.98 Å². The number of aliphatic hydroxyl groups excluding tert-OH is 1. The number of nitrogens with zero attached hydrogens (tertiary/aromatic N) is 1. The molecule has 0 spiro atoms. The molecule has 1 rings (SSSR count). The van der Waals surface area contributed by atoms with E-state index in [9.17, 15) is 0 Å². The van der Waals surface area contributed by atoms with Crippen LogP contribution < -0.4 is 0 Å². The Hall–Kier alpha value is -2.01. The molecule has 1 heterocycles. The van der Waals surface area contributed by atoms with Crippen molar-refractivity contribution in [1.29, 1.82) is 0 Å². The third kappa shape index (κ3) is 3.26. The molecule has 0 atom stereocenters. The van der Waals surface area contributed by atoms with Gasteiger partial charge < -0.3 is 5.11 Å². The molecule has 0 fully saturated rings. The van der Waals surface area contributed by atoms with E-state index in [1.165, 1.54) is 12.2 Å². The van der Waals surface area contributed by atoms with E-state index in [1.54, 1.807) is 24.5 Å². The molecular weight excluding hydrogens is 162 g/mol. The Balaban J connectivity index is 2.79. The second-order valence-electron chi connectivity index (χ2n) is 2.27. The van der Waals surface area contributed by atoms with Crippen molar-refractivity contribution in [2.45, 2.75) is 0 Å². The minimum Gasteiger partial charge on any atom is -0.501 e. The first-order chi connectivity index (χ1) is 6.33. The van der Waals surface area contributed by atoms with Crippen LogP contribution in [0.25, 0.3) is 0 Å². The van der Waals surface area contributed by atoms with E-state index in [4.69, 9.17) is 5.11 Å². The van der Waals surface area contributed by atoms with E-state index in [2.05, 4.69) is 23.4 Å². The average molecular weight is 171 g/mol. The number of rotatable bonds is 1. The van der Waals surface area contributed by atoms with Crippen LogP contribution in [0.5, 0.6) is 0 Å². The van der Waals surface area contributed by atoms with Gasteiger partial charge in [-0.1, -0.05) is 18.6 Å². The van der Waals surface area contributed by atoms with Gasteiger partial charge >= 0.3 is 0 Å². The summed E-state index contributed by atoms with van der Waals surface area (Å²) >= 11 is 0. The SMILES string of the molecule is C=C/C=C(\O)C#Cc1ccncc1. The predicted molar refractivity (Wildman–Crippen MR) is 52.0 cm³/mol. The largest absolute Gasteiger partial charge is 0.501 e. The molecule has 1 N–H and O–H groups in total. The molecule has 0 bridgehead atoms. The van der Waals surface area contributed by atoms with Crippen molar-refractivity contribution in [3.05, 3.63) is 54.6 Å². The number of hydrogen-bond acceptors (Lipinski definition) is 2. The molecule has 0 aromatic carbocycles. The van der Waals surface area contributed by atoms with Gasteiger partial charge in [-0.05, 0) is 24.1 Å². The van der Waals surface area contributed by atoms with Gasteiger partial charge in [0.25, 0.3) is 0 Å². The molecule has 64 valence electrons. The van der Waals surface area contributed by atoms with Crippen LogP contribution in [-0.4, -0.2) is 10.1 Å². The van der Waals surface area contributed by atoms with Crippen molar-refractivity contribution < 1.29 is 5.11 Å². The third-order valence-electron chi connectivity index (χ3n) is 1.29. The maximum atomic E-state index is 9.11. The van der Waals surface area contributed by atoms with Crippen LogP contribution in [0.3, 0.4) is 0 Å². The summed E-state index contributed by atoms with van der Waals surface area (Å²) in [6.07, 6.45) is 6.22. The third-order valence-corrected chi connectivity index (χ3v) is 1.29. The first-order valence-electron chi connectivity index (χ1n) is 3.76. The summed E-state index contributed by atoms with van der Waals surface area (Å²) in [5.74, 6) is 5.35. The van der Waals surface area contributed by atoms with Crippen molar-refractivity contribution in [3.8, 4) is 11.8 Å². The van der Waals surface area contributed by atoms with Gasteiger partial charge in [-0.2, -0.15) is 0 Å². The fourth-order valence-electron chi connectivity index (χ4n) is 0.725. The molecule has 0 saturated heterocycles. The van der Waals surface area contributed by atoms with Gasteiger partial charge in [0, 0.05) is 18.0 Å². The van der Waals surface area contributed by atoms with Gasteiger partial charge in [-0.15, -0.1) is 0 Å². The Morgan fingerprint density at radius 2 is 2.15 bits per heavy atom. The molecular formula is C11H9NO. The fourth-order valence-corrected chi connectivity index (χ4v) is 0.725. The van der Waals surface area contributed by atoms with Gasteiger partial charge in [0.1, 0.15) is 0 Å². The summed E-state index contributed by atoms with van der Waals surface area (Å²) in [6.45, 7) is 3.44. The Bertz CT molecular complexity index is 368. The molecule has 0 amide bonds. The molecule has 2 heteroatoms. The van der Waals surface area contributed by atoms with Gasteiger partial charge in [-0.25, -0.2) is 0 Å². The minimum atomic E-state index is 0.00631. The van der Waals surface area contributed by atoms with Crippen molar-refractivity contribution in [1.82, 2.24) is 4.98 Å². The predicted octanol–water partition coefficient (Wildman–Crippen LogP) is 2.06. The molecule has 2 nitrogen and oxygen atoms in total. The molecule has 1 aromatic heterocycles. The molecule has 0 aliphatic heterocycles. The maximum absolute atomic E-state index is 9.11. The summed E-state index contributed by atoms with van der Waals surface area (Å²) < 4.78 is 0. The Kier molecular flexibility index (Phi) is 3.34. The molecule has 0 radical (unpaired) electrons. The number of pyridine rings is 1. The van der Waals surface area contributed by atoms with Crippen molar-refractivity contribution in [2.75, 3.05) is 0 Å². The Labute approximate surface area is 77.3 Å². The zero-order valence-electron chi connectivity index (χ0n) is 7.07. The van der Waals surface area contributed by atoms with Crippen molar-refractivity contribution in [2.24, 2.45) is 0 Å². The van der Waals surface area contributed by atoms with Gasteiger partial charge in [0.2, 0.25) is 0 Å². The van der Waals surface area contributed by atoms with Crippen LogP contribution in [0.4, 0.5) is 0 Å². The maximum Gasteiger partial charge on any atom is 0.167 e. The zero-order chi connectivity index (χ0) is 9.52. The molecule has 0 unspecified atom stereocenters. The monoisotopic (exact) mass is 171 g/mol. The highest BCUT2D eigenvalue weighted by Gasteiger charge is 1.83. The lowest BCUT2D eigenvalue weighted by molar-refractivity contribution is 0.438. The van der Waals surface area contributed by atoms with E-state index in [0.717, 1.165) is 5.56 Å². The second kappa shape index (κ2) is 4.78. The first kappa shape index (κ1) is 9.08. The zero-order valence-corrected chi connectivity index (χ0v) is 7.07. The number of aromatic nitrogens is 1. The summed E-state index contributed by atoms with van der Waals surface area (Å²) in [5.41, 5.74) is 0.819. The average Bonchev–Trinajstić information content (AvgIpc) is 2.17. The van der Waals surface area contributed by atoms with Crippen molar-refractivity contribution in [3.63, 3.8) is 0 Å². The number of hydrogen-bond donors (Lipinski definition) is 1. The normalized spacial score (nSPS) is 10.0. The quantitative estimate of drug-likeness (QED) is 0.398. The Morgan fingerprint density at radius 1 is 1.46 bits per heavy atom. The standard InChI is InChI=1S/C11H9NO/c1-2-3-11(13)5-4-10-6-8-12-9-7-10/h2-3,6-9,13H,1H2/b11-3-.